The van der Waals surface area contributed by atoms with Crippen LogP contribution in [0.1, 0.15) is 11.3 Å². The third kappa shape index (κ3) is 2.58. The lowest BCUT2D eigenvalue weighted by Crippen LogP contribution is -2.05. The Morgan fingerprint density at radius 3 is 2.67 bits per heavy atom. The Balaban J connectivity index is 2.07. The molecule has 21 heavy (non-hydrogen) atoms. The molecule has 0 bridgehead atoms. The fourth-order valence-corrected chi connectivity index (χ4v) is 2.48. The molecule has 0 aliphatic rings. The Bertz CT molecular complexity index is 856. The number of hydrogen-bond acceptors (Lipinski definition) is 2. The lowest BCUT2D eigenvalue weighted by Gasteiger charge is -2.07. The number of fused-ring (bicyclic) bond motifs is 1. The lowest BCUT2D eigenvalue weighted by atomic mass is 10.2. The molecule has 4 nitrogen and oxygen atoms in total. The maximum atomic E-state index is 12.7. The number of imidazole rings is 1. The summed E-state index contributed by atoms with van der Waals surface area (Å²) in [6, 6.07) is 5.39. The van der Waals surface area contributed by atoms with E-state index in [0.29, 0.717) is 22.3 Å². The average molecular weight is 312 g/mol. The number of aromatic amines is 1. The first-order valence-corrected chi connectivity index (χ1v) is 6.54. The van der Waals surface area contributed by atoms with E-state index in [1.165, 1.54) is 6.07 Å². The molecule has 0 radical (unpaired) electrons. The summed E-state index contributed by atoms with van der Waals surface area (Å²) in [5, 5.41) is 4.25. The number of aromatic nitrogens is 4. The first-order chi connectivity index (χ1) is 9.84. The summed E-state index contributed by atoms with van der Waals surface area (Å²) in [5.41, 5.74) is 1.08. The van der Waals surface area contributed by atoms with Crippen LogP contribution in [0.2, 0.25) is 0 Å². The van der Waals surface area contributed by atoms with Crippen molar-refractivity contribution in [3.63, 3.8) is 0 Å². The van der Waals surface area contributed by atoms with E-state index in [-0.39, 0.29) is 0 Å². The van der Waals surface area contributed by atoms with Crippen LogP contribution >= 0.6 is 12.2 Å². The molecule has 3 rings (SSSR count). The Hall–Kier alpha value is -2.09. The summed E-state index contributed by atoms with van der Waals surface area (Å²) in [4.78, 5) is 2.81. The highest BCUT2D eigenvalue weighted by atomic mass is 32.1. The molecule has 1 aromatic carbocycles. The minimum absolute atomic E-state index is 0.366. The Morgan fingerprint density at radius 1 is 1.29 bits per heavy atom. The van der Waals surface area contributed by atoms with Gasteiger partial charge >= 0.3 is 6.18 Å². The summed E-state index contributed by atoms with van der Waals surface area (Å²) in [6.45, 7) is 0.408. The highest BCUT2D eigenvalue weighted by Crippen LogP contribution is 2.31. The van der Waals surface area contributed by atoms with Gasteiger partial charge in [-0.1, -0.05) is 0 Å². The van der Waals surface area contributed by atoms with Crippen LogP contribution in [0.3, 0.4) is 0 Å². The van der Waals surface area contributed by atoms with Crippen LogP contribution < -0.4 is 0 Å². The second-order valence-corrected chi connectivity index (χ2v) is 5.11. The molecule has 8 heteroatoms. The number of halogens is 3. The molecule has 0 aliphatic heterocycles. The van der Waals surface area contributed by atoms with Gasteiger partial charge in [0.2, 0.25) is 0 Å². The van der Waals surface area contributed by atoms with Crippen LogP contribution in [0.15, 0.2) is 30.5 Å². The van der Waals surface area contributed by atoms with Gasteiger partial charge in [0.15, 0.2) is 4.77 Å². The number of nitrogens with zero attached hydrogens (tertiary/aromatic N) is 3. The zero-order valence-corrected chi connectivity index (χ0v) is 11.8. The van der Waals surface area contributed by atoms with Crippen molar-refractivity contribution in [3.05, 3.63) is 46.5 Å². The minimum atomic E-state index is -4.37. The fourth-order valence-electron chi connectivity index (χ4n) is 2.21. The first-order valence-electron chi connectivity index (χ1n) is 6.13. The Morgan fingerprint density at radius 2 is 2.05 bits per heavy atom. The van der Waals surface area contributed by atoms with Crippen molar-refractivity contribution < 1.29 is 13.2 Å². The molecule has 0 unspecified atom stereocenters. The van der Waals surface area contributed by atoms with Crippen molar-refractivity contribution in [2.75, 3.05) is 0 Å². The van der Waals surface area contributed by atoms with Crippen molar-refractivity contribution in [2.24, 2.45) is 7.05 Å². The van der Waals surface area contributed by atoms with E-state index < -0.39 is 11.7 Å². The van der Waals surface area contributed by atoms with E-state index >= 15 is 0 Å². The standard InChI is InChI=1S/C13H11F3N4S/c1-19-5-4-9(18-19)7-20-11-3-2-8(13(14,15)16)6-10(11)17-12(20)21/h2-6H,7H2,1H3,(H,17,21). The van der Waals surface area contributed by atoms with Crippen LogP contribution in [0, 0.1) is 4.77 Å². The van der Waals surface area contributed by atoms with Gasteiger partial charge in [-0.05, 0) is 36.5 Å². The highest BCUT2D eigenvalue weighted by molar-refractivity contribution is 7.71. The van der Waals surface area contributed by atoms with E-state index in [1.54, 1.807) is 22.5 Å². The molecule has 2 aromatic heterocycles. The largest absolute Gasteiger partial charge is 0.416 e. The molecule has 0 spiro atoms. The second-order valence-electron chi connectivity index (χ2n) is 4.73. The van der Waals surface area contributed by atoms with Crippen LogP contribution in [-0.2, 0) is 19.8 Å². The summed E-state index contributed by atoms with van der Waals surface area (Å²) in [5.74, 6) is 0. The van der Waals surface area contributed by atoms with Crippen molar-refractivity contribution in [1.82, 2.24) is 19.3 Å². The van der Waals surface area contributed by atoms with Crippen molar-refractivity contribution in [2.45, 2.75) is 12.7 Å². The van der Waals surface area contributed by atoms with Gasteiger partial charge in [-0.25, -0.2) is 0 Å². The second kappa shape index (κ2) is 4.73. The average Bonchev–Trinajstić information content (AvgIpc) is 2.93. The maximum absolute atomic E-state index is 12.7. The van der Waals surface area contributed by atoms with E-state index in [9.17, 15) is 13.2 Å². The van der Waals surface area contributed by atoms with Gasteiger partial charge in [-0.3, -0.25) is 4.68 Å². The molecule has 0 atom stereocenters. The van der Waals surface area contributed by atoms with Gasteiger partial charge in [0.1, 0.15) is 0 Å². The number of alkyl halides is 3. The quantitative estimate of drug-likeness (QED) is 0.736. The van der Waals surface area contributed by atoms with Crippen LogP contribution in [0.25, 0.3) is 11.0 Å². The fraction of sp³-hybridized carbons (Fsp3) is 0.231. The summed E-state index contributed by atoms with van der Waals surface area (Å²) in [6.07, 6.45) is -2.57. The monoisotopic (exact) mass is 312 g/mol. The molecule has 0 fully saturated rings. The summed E-state index contributed by atoms with van der Waals surface area (Å²) >= 11 is 5.19. The molecule has 110 valence electrons. The Kier molecular flexibility index (Phi) is 3.12. The van der Waals surface area contributed by atoms with Crippen molar-refractivity contribution >= 4 is 23.3 Å². The predicted octanol–water partition coefficient (Wildman–Crippen LogP) is 3.50. The van der Waals surface area contributed by atoms with Crippen LogP contribution in [-0.4, -0.2) is 19.3 Å². The van der Waals surface area contributed by atoms with Gasteiger partial charge < -0.3 is 9.55 Å². The Labute approximate surface area is 122 Å². The molecule has 0 saturated heterocycles. The SMILES string of the molecule is Cn1ccc(Cn2c(=S)[nH]c3cc(C(F)(F)F)ccc32)n1. The summed E-state index contributed by atoms with van der Waals surface area (Å²) in [7, 11) is 1.80. The third-order valence-corrected chi connectivity index (χ3v) is 3.51. The molecular weight excluding hydrogens is 301 g/mol. The zero-order valence-electron chi connectivity index (χ0n) is 11.0. The molecule has 1 N–H and O–H groups in total. The molecule has 0 amide bonds. The zero-order chi connectivity index (χ0) is 15.2. The van der Waals surface area contributed by atoms with Crippen LogP contribution in [0.4, 0.5) is 13.2 Å². The van der Waals surface area contributed by atoms with Gasteiger partial charge in [-0.2, -0.15) is 18.3 Å². The number of hydrogen-bond donors (Lipinski definition) is 1. The van der Waals surface area contributed by atoms with Gasteiger partial charge in [0, 0.05) is 13.2 Å². The van der Waals surface area contributed by atoms with E-state index in [0.717, 1.165) is 17.8 Å². The van der Waals surface area contributed by atoms with Crippen molar-refractivity contribution in [1.29, 1.82) is 0 Å². The molecule has 0 aliphatic carbocycles. The van der Waals surface area contributed by atoms with Gasteiger partial charge in [-0.15, -0.1) is 0 Å². The maximum Gasteiger partial charge on any atom is 0.416 e. The molecule has 0 saturated carbocycles. The summed E-state index contributed by atoms with van der Waals surface area (Å²) < 4.78 is 41.9. The van der Waals surface area contributed by atoms with Gasteiger partial charge in [0.25, 0.3) is 0 Å². The van der Waals surface area contributed by atoms with E-state index in [1.807, 2.05) is 6.07 Å². The predicted molar refractivity (Wildman–Crippen MR) is 74.4 cm³/mol. The number of H-pyrrole nitrogens is 1. The smallest absolute Gasteiger partial charge is 0.331 e. The normalized spacial score (nSPS) is 12.2. The lowest BCUT2D eigenvalue weighted by molar-refractivity contribution is -0.137. The topological polar surface area (TPSA) is 38.5 Å². The first kappa shape index (κ1) is 13.9. The highest BCUT2D eigenvalue weighted by Gasteiger charge is 2.30. The third-order valence-electron chi connectivity index (χ3n) is 3.19. The molecule has 3 aromatic rings. The van der Waals surface area contributed by atoms with Crippen molar-refractivity contribution in [3.8, 4) is 0 Å². The van der Waals surface area contributed by atoms with Gasteiger partial charge in [0.05, 0.1) is 28.8 Å². The number of rotatable bonds is 2. The molecule has 2 heterocycles. The number of nitrogens with one attached hydrogen (secondary N) is 1. The van der Waals surface area contributed by atoms with Crippen LogP contribution in [0.5, 0.6) is 0 Å². The minimum Gasteiger partial charge on any atom is -0.331 e. The molecular formula is C13H11F3N4S. The number of aryl methyl sites for hydroxylation is 1. The number of benzene rings is 1. The van der Waals surface area contributed by atoms with E-state index in [4.69, 9.17) is 12.2 Å². The van der Waals surface area contributed by atoms with E-state index in [2.05, 4.69) is 10.1 Å².